The predicted molar refractivity (Wildman–Crippen MR) is 63.6 cm³/mol. The van der Waals surface area contributed by atoms with Crippen LogP contribution in [-0.2, 0) is 6.54 Å². The van der Waals surface area contributed by atoms with Gasteiger partial charge in [-0.15, -0.1) is 5.10 Å². The van der Waals surface area contributed by atoms with Gasteiger partial charge >= 0.3 is 0 Å². The Balaban J connectivity index is 2.01. The van der Waals surface area contributed by atoms with Crippen LogP contribution in [0.15, 0.2) is 36.9 Å². The molecular formula is C11H13N5O. The Hall–Kier alpha value is -2.37. The highest BCUT2D eigenvalue weighted by Crippen LogP contribution is 2.18. The molecule has 6 heteroatoms. The van der Waals surface area contributed by atoms with Gasteiger partial charge in [0.25, 0.3) is 5.95 Å². The zero-order valence-electron chi connectivity index (χ0n) is 9.26. The molecule has 2 N–H and O–H groups in total. The summed E-state index contributed by atoms with van der Waals surface area (Å²) in [4.78, 5) is 0. The average Bonchev–Trinajstić information content (AvgIpc) is 2.88. The number of H-pyrrole nitrogens is 1. The maximum atomic E-state index is 5.53. The normalized spacial score (nSPS) is 9.88. The van der Waals surface area contributed by atoms with Gasteiger partial charge in [0, 0.05) is 12.1 Å². The molecule has 1 aromatic heterocycles. The van der Waals surface area contributed by atoms with Gasteiger partial charge in [-0.1, -0.05) is 36.0 Å². The Labute approximate surface area is 98.7 Å². The van der Waals surface area contributed by atoms with Crippen molar-refractivity contribution >= 4 is 5.95 Å². The van der Waals surface area contributed by atoms with Gasteiger partial charge in [-0.25, -0.2) is 0 Å². The van der Waals surface area contributed by atoms with Crippen LogP contribution >= 0.6 is 0 Å². The monoisotopic (exact) mass is 231 g/mol. The topological polar surface area (TPSA) is 75.7 Å². The number of nitrogens with one attached hydrogen (secondary N) is 2. The van der Waals surface area contributed by atoms with E-state index >= 15 is 0 Å². The van der Waals surface area contributed by atoms with E-state index in [2.05, 4.69) is 32.5 Å². The Morgan fingerprint density at radius 2 is 2.29 bits per heavy atom. The highest BCUT2D eigenvalue weighted by molar-refractivity contribution is 5.36. The summed E-state index contributed by atoms with van der Waals surface area (Å²) in [6.07, 6.45) is 1.71. The number of hydrogen-bond acceptors (Lipinski definition) is 5. The summed E-state index contributed by atoms with van der Waals surface area (Å²) in [5.41, 5.74) is 1.03. The summed E-state index contributed by atoms with van der Waals surface area (Å²) in [5.74, 6) is 1.28. The number of ether oxygens (including phenoxy) is 1. The van der Waals surface area contributed by atoms with Gasteiger partial charge in [0.05, 0.1) is 0 Å². The summed E-state index contributed by atoms with van der Waals surface area (Å²) < 4.78 is 5.53. The standard InChI is InChI=1S/C11H13N5O/c1-2-7-17-10-6-4-3-5-9(10)8-12-11-13-15-16-14-11/h2-6H,1,7-8H2,(H2,12,13,14,15,16). The fourth-order valence-corrected chi connectivity index (χ4v) is 1.35. The molecule has 0 saturated heterocycles. The molecule has 0 radical (unpaired) electrons. The summed E-state index contributed by atoms with van der Waals surface area (Å²) >= 11 is 0. The summed E-state index contributed by atoms with van der Waals surface area (Å²) in [5, 5.41) is 16.5. The second-order valence-corrected chi connectivity index (χ2v) is 3.30. The van der Waals surface area contributed by atoms with E-state index in [1.54, 1.807) is 6.08 Å². The van der Waals surface area contributed by atoms with Crippen molar-refractivity contribution in [3.05, 3.63) is 42.5 Å². The molecule has 6 nitrogen and oxygen atoms in total. The molecule has 0 fully saturated rings. The van der Waals surface area contributed by atoms with Crippen molar-refractivity contribution in [3.63, 3.8) is 0 Å². The smallest absolute Gasteiger partial charge is 0.263 e. The van der Waals surface area contributed by atoms with Crippen LogP contribution in [0.3, 0.4) is 0 Å². The van der Waals surface area contributed by atoms with Crippen LogP contribution in [0.2, 0.25) is 0 Å². The van der Waals surface area contributed by atoms with Crippen LogP contribution in [-0.4, -0.2) is 27.2 Å². The maximum absolute atomic E-state index is 5.53. The molecule has 17 heavy (non-hydrogen) atoms. The fraction of sp³-hybridized carbons (Fsp3) is 0.182. The molecule has 2 aromatic rings. The number of benzene rings is 1. The first-order valence-corrected chi connectivity index (χ1v) is 5.19. The lowest BCUT2D eigenvalue weighted by atomic mass is 10.2. The average molecular weight is 231 g/mol. The molecule has 0 unspecified atom stereocenters. The molecule has 0 aliphatic rings. The first-order chi connectivity index (χ1) is 8.40. The minimum atomic E-state index is 0.462. The lowest BCUT2D eigenvalue weighted by Gasteiger charge is -2.09. The maximum Gasteiger partial charge on any atom is 0.263 e. The second kappa shape index (κ2) is 5.64. The third kappa shape index (κ3) is 3.04. The zero-order valence-corrected chi connectivity index (χ0v) is 9.26. The second-order valence-electron chi connectivity index (χ2n) is 3.30. The van der Waals surface area contributed by atoms with Crippen LogP contribution < -0.4 is 10.1 Å². The van der Waals surface area contributed by atoms with Crippen molar-refractivity contribution in [3.8, 4) is 5.75 Å². The van der Waals surface area contributed by atoms with Gasteiger partial charge in [0.2, 0.25) is 0 Å². The minimum Gasteiger partial charge on any atom is -0.489 e. The molecule has 88 valence electrons. The third-order valence-electron chi connectivity index (χ3n) is 2.11. The molecule has 2 rings (SSSR count). The Morgan fingerprint density at radius 1 is 1.41 bits per heavy atom. The van der Waals surface area contributed by atoms with Crippen molar-refractivity contribution < 1.29 is 4.74 Å². The quantitative estimate of drug-likeness (QED) is 0.734. The number of nitrogens with zero attached hydrogens (tertiary/aromatic N) is 3. The number of anilines is 1. The number of aromatic amines is 1. The molecule has 0 amide bonds. The number of para-hydroxylation sites is 1. The molecule has 1 aromatic carbocycles. The van der Waals surface area contributed by atoms with E-state index in [1.165, 1.54) is 0 Å². The van der Waals surface area contributed by atoms with E-state index in [4.69, 9.17) is 4.74 Å². The van der Waals surface area contributed by atoms with E-state index < -0.39 is 0 Å². The van der Waals surface area contributed by atoms with Crippen molar-refractivity contribution in [1.82, 2.24) is 20.6 Å². The summed E-state index contributed by atoms with van der Waals surface area (Å²) in [6.45, 7) is 4.68. The van der Waals surface area contributed by atoms with Crippen LogP contribution in [0, 0.1) is 0 Å². The summed E-state index contributed by atoms with van der Waals surface area (Å²) in [7, 11) is 0. The Kier molecular flexibility index (Phi) is 3.69. The highest BCUT2D eigenvalue weighted by atomic mass is 16.5. The van der Waals surface area contributed by atoms with Gasteiger partial charge in [0.15, 0.2) is 0 Å². The van der Waals surface area contributed by atoms with E-state index in [1.807, 2.05) is 24.3 Å². The van der Waals surface area contributed by atoms with E-state index in [0.29, 0.717) is 19.1 Å². The Morgan fingerprint density at radius 3 is 3.06 bits per heavy atom. The number of aromatic nitrogens is 4. The van der Waals surface area contributed by atoms with Gasteiger partial charge < -0.3 is 10.1 Å². The number of tetrazole rings is 1. The Bertz CT molecular complexity index is 468. The molecule has 0 saturated carbocycles. The zero-order chi connectivity index (χ0) is 11.9. The largest absolute Gasteiger partial charge is 0.489 e. The molecular weight excluding hydrogens is 218 g/mol. The van der Waals surface area contributed by atoms with Crippen LogP contribution in [0.1, 0.15) is 5.56 Å². The fourth-order valence-electron chi connectivity index (χ4n) is 1.35. The number of hydrogen-bond donors (Lipinski definition) is 2. The lowest BCUT2D eigenvalue weighted by Crippen LogP contribution is -2.04. The summed E-state index contributed by atoms with van der Waals surface area (Å²) in [6, 6.07) is 7.77. The SMILES string of the molecule is C=CCOc1ccccc1CNc1nn[nH]n1. The van der Waals surface area contributed by atoms with E-state index in [9.17, 15) is 0 Å². The highest BCUT2D eigenvalue weighted by Gasteiger charge is 2.03. The molecule has 0 bridgehead atoms. The number of rotatable bonds is 6. The van der Waals surface area contributed by atoms with Crippen molar-refractivity contribution in [2.24, 2.45) is 0 Å². The van der Waals surface area contributed by atoms with E-state index in [-0.39, 0.29) is 0 Å². The molecule has 1 heterocycles. The van der Waals surface area contributed by atoms with Gasteiger partial charge in [-0.2, -0.15) is 5.21 Å². The van der Waals surface area contributed by atoms with Crippen molar-refractivity contribution in [2.45, 2.75) is 6.54 Å². The first-order valence-electron chi connectivity index (χ1n) is 5.19. The molecule has 0 aliphatic heterocycles. The van der Waals surface area contributed by atoms with Crippen LogP contribution in [0.5, 0.6) is 5.75 Å². The van der Waals surface area contributed by atoms with Crippen LogP contribution in [0.4, 0.5) is 5.95 Å². The molecule has 0 aliphatic carbocycles. The minimum absolute atomic E-state index is 0.462. The van der Waals surface area contributed by atoms with Crippen molar-refractivity contribution in [2.75, 3.05) is 11.9 Å². The third-order valence-corrected chi connectivity index (χ3v) is 2.11. The van der Waals surface area contributed by atoms with Crippen LogP contribution in [0.25, 0.3) is 0 Å². The van der Waals surface area contributed by atoms with E-state index in [0.717, 1.165) is 11.3 Å². The van der Waals surface area contributed by atoms with Crippen molar-refractivity contribution in [1.29, 1.82) is 0 Å². The van der Waals surface area contributed by atoms with Gasteiger partial charge in [-0.05, 0) is 11.3 Å². The molecule has 0 atom stereocenters. The van der Waals surface area contributed by atoms with Gasteiger partial charge in [-0.3, -0.25) is 0 Å². The van der Waals surface area contributed by atoms with Gasteiger partial charge in [0.1, 0.15) is 12.4 Å². The first kappa shape index (κ1) is 11.1. The predicted octanol–water partition coefficient (Wildman–Crippen LogP) is 1.38. The lowest BCUT2D eigenvalue weighted by molar-refractivity contribution is 0.359. The molecule has 0 spiro atoms.